The SMILES string of the molecule is Cc1cc(-c2cnc3c(NCCC(F)(F)F)cc(Oc4ccc(OC(F)(F)F)cc4)cn23)ccc1C(=O)NC1(C)CC1.Cc1cc(-c2cnc3c(NCCC(F)(F)F)cc(Oc4ccc(OC(F)(F)F)cc4)cn23)ccc1C(=O)O. The number of carboxylic acids is 1. The molecule has 14 nitrogen and oxygen atoms in total. The predicted molar refractivity (Wildman–Crippen MR) is 268 cm³/mol. The number of aromatic carboxylic acids is 1. The van der Waals surface area contributed by atoms with Crippen LogP contribution in [0.4, 0.5) is 64.1 Å². The van der Waals surface area contributed by atoms with Crippen LogP contribution in [-0.2, 0) is 0 Å². The van der Waals surface area contributed by atoms with Crippen molar-refractivity contribution in [2.75, 3.05) is 23.7 Å². The summed E-state index contributed by atoms with van der Waals surface area (Å²) in [5.74, 6) is -1.50. The standard InChI is InChI=1S/C29H26F6N4O3.C25H19F6N3O4/c1-17-13-18(3-8-22(17)26(40)38-27(2)9-10-27)24-15-37-25-23(36-12-11-28(30,31)32)14-21(16-39(24)25)41-19-4-6-20(7-5-19)42-29(33,34)35;1-14-10-15(2-7-19(14)23(35)36)21-12-33-22-20(32-9-8-24(26,27)28)11-18(13-34(21)22)37-16-3-5-17(6-4-16)38-25(29,30)31/h3-8,13-16,36H,9-12H2,1-2H3,(H,38,40);2-7,10-13,32H,8-9H2,1H3,(H,35,36). The second kappa shape index (κ2) is 22.5. The molecule has 4 heterocycles. The van der Waals surface area contributed by atoms with Crippen molar-refractivity contribution < 1.29 is 86.3 Å². The Morgan fingerprint density at radius 1 is 0.562 bits per heavy atom. The molecule has 1 saturated carbocycles. The van der Waals surface area contributed by atoms with Gasteiger partial charge in [-0.05, 0) is 118 Å². The van der Waals surface area contributed by atoms with E-state index in [1.54, 1.807) is 52.4 Å². The van der Waals surface area contributed by atoms with E-state index in [0.717, 1.165) is 42.7 Å². The van der Waals surface area contributed by atoms with Gasteiger partial charge in [-0.2, -0.15) is 26.3 Å². The molecule has 4 aromatic carbocycles. The minimum atomic E-state index is -4.86. The lowest BCUT2D eigenvalue weighted by Crippen LogP contribution is -2.34. The highest BCUT2D eigenvalue weighted by atomic mass is 19.4. The number of imidazole rings is 2. The van der Waals surface area contributed by atoms with Crippen molar-refractivity contribution in [2.45, 2.75) is 77.1 Å². The minimum absolute atomic E-state index is 0.110. The number of pyridine rings is 2. The summed E-state index contributed by atoms with van der Waals surface area (Å²) >= 11 is 0. The molecule has 0 unspecified atom stereocenters. The Labute approximate surface area is 445 Å². The fraction of sp³-hybridized carbons (Fsp3) is 0.259. The van der Waals surface area contributed by atoms with Gasteiger partial charge in [0.25, 0.3) is 5.91 Å². The molecule has 1 amide bonds. The molecule has 0 aliphatic heterocycles. The topological polar surface area (TPSA) is 162 Å². The van der Waals surface area contributed by atoms with Crippen molar-refractivity contribution in [1.82, 2.24) is 24.1 Å². The zero-order chi connectivity index (χ0) is 58.0. The van der Waals surface area contributed by atoms with Crippen LogP contribution in [0.15, 0.2) is 122 Å². The summed E-state index contributed by atoms with van der Waals surface area (Å²) in [7, 11) is 0. The molecule has 0 radical (unpaired) electrons. The van der Waals surface area contributed by atoms with Gasteiger partial charge in [-0.1, -0.05) is 12.1 Å². The van der Waals surface area contributed by atoms with Crippen LogP contribution in [0.2, 0.25) is 0 Å². The Morgan fingerprint density at radius 2 is 0.950 bits per heavy atom. The molecule has 422 valence electrons. The Balaban J connectivity index is 0.000000211. The summed E-state index contributed by atoms with van der Waals surface area (Å²) < 4.78 is 174. The number of amides is 1. The maximum absolute atomic E-state index is 12.8. The van der Waals surface area contributed by atoms with Crippen LogP contribution in [0, 0.1) is 13.8 Å². The molecular formula is C54H45F12N7O7. The average molecular weight is 1130 g/mol. The largest absolute Gasteiger partial charge is 0.573 e. The van der Waals surface area contributed by atoms with Crippen LogP contribution >= 0.6 is 0 Å². The van der Waals surface area contributed by atoms with E-state index < -0.39 is 68.5 Å². The number of anilines is 2. The smallest absolute Gasteiger partial charge is 0.478 e. The second-order valence-electron chi connectivity index (χ2n) is 18.6. The number of hydrogen-bond acceptors (Lipinski definition) is 10. The molecule has 4 N–H and O–H groups in total. The molecule has 4 aromatic heterocycles. The highest BCUT2D eigenvalue weighted by Gasteiger charge is 2.39. The number of carbonyl (C=O) groups excluding carboxylic acids is 1. The molecular weight excluding hydrogens is 1090 g/mol. The summed E-state index contributed by atoms with van der Waals surface area (Å²) in [5, 5.41) is 17.8. The first-order chi connectivity index (χ1) is 37.5. The third-order valence-corrected chi connectivity index (χ3v) is 12.1. The molecule has 80 heavy (non-hydrogen) atoms. The first-order valence-electron chi connectivity index (χ1n) is 24.0. The number of alkyl halides is 12. The van der Waals surface area contributed by atoms with E-state index in [-0.39, 0.29) is 57.0 Å². The van der Waals surface area contributed by atoms with Gasteiger partial charge in [0.2, 0.25) is 0 Å². The molecule has 1 aliphatic carbocycles. The van der Waals surface area contributed by atoms with Crippen molar-refractivity contribution in [3.05, 3.63) is 144 Å². The van der Waals surface area contributed by atoms with Crippen LogP contribution in [0.25, 0.3) is 33.8 Å². The maximum Gasteiger partial charge on any atom is 0.573 e. The van der Waals surface area contributed by atoms with Crippen LogP contribution in [-0.4, -0.2) is 79.5 Å². The molecule has 0 bridgehead atoms. The van der Waals surface area contributed by atoms with Crippen LogP contribution < -0.4 is 34.9 Å². The van der Waals surface area contributed by atoms with Gasteiger partial charge < -0.3 is 40.0 Å². The number of hydrogen-bond donors (Lipinski definition) is 4. The molecule has 1 aliphatic rings. The highest BCUT2D eigenvalue weighted by Crippen LogP contribution is 2.38. The number of halogens is 12. The van der Waals surface area contributed by atoms with Gasteiger partial charge in [0.15, 0.2) is 11.3 Å². The number of aryl methyl sites for hydroxylation is 2. The van der Waals surface area contributed by atoms with Gasteiger partial charge in [0.05, 0.1) is 66.0 Å². The molecule has 0 atom stereocenters. The number of nitrogens with zero attached hydrogens (tertiary/aromatic N) is 4. The first kappa shape index (κ1) is 57.3. The molecule has 8 aromatic rings. The second-order valence-corrected chi connectivity index (χ2v) is 18.6. The van der Waals surface area contributed by atoms with E-state index >= 15 is 0 Å². The summed E-state index contributed by atoms with van der Waals surface area (Å²) in [5.41, 5.74) is 5.11. The zero-order valence-corrected chi connectivity index (χ0v) is 42.0. The number of carboxylic acid groups (broad SMARTS) is 1. The van der Waals surface area contributed by atoms with Gasteiger partial charge in [-0.15, -0.1) is 26.3 Å². The lowest BCUT2D eigenvalue weighted by Gasteiger charge is -2.15. The maximum atomic E-state index is 12.8. The van der Waals surface area contributed by atoms with Gasteiger partial charge in [0, 0.05) is 47.5 Å². The molecule has 0 saturated heterocycles. The van der Waals surface area contributed by atoms with Crippen LogP contribution in [0.3, 0.4) is 0 Å². The third kappa shape index (κ3) is 15.2. The van der Waals surface area contributed by atoms with Gasteiger partial charge >= 0.3 is 31.0 Å². The fourth-order valence-corrected chi connectivity index (χ4v) is 8.09. The number of aromatic nitrogens is 4. The Kier molecular flexibility index (Phi) is 16.1. The van der Waals surface area contributed by atoms with E-state index in [4.69, 9.17) is 9.47 Å². The fourth-order valence-electron chi connectivity index (χ4n) is 8.09. The van der Waals surface area contributed by atoms with E-state index in [9.17, 15) is 67.4 Å². The summed E-state index contributed by atoms with van der Waals surface area (Å²) in [4.78, 5) is 32.9. The Hall–Kier alpha value is -8.84. The minimum Gasteiger partial charge on any atom is -0.478 e. The quantitative estimate of drug-likeness (QED) is 0.0642. The van der Waals surface area contributed by atoms with Crippen molar-refractivity contribution in [2.24, 2.45) is 0 Å². The predicted octanol–water partition coefficient (Wildman–Crippen LogP) is 14.7. The van der Waals surface area contributed by atoms with E-state index in [1.165, 1.54) is 54.9 Å². The van der Waals surface area contributed by atoms with Gasteiger partial charge in [-0.25, -0.2) is 14.8 Å². The number of carbonyl (C=O) groups is 2. The monoisotopic (exact) mass is 1130 g/mol. The number of fused-ring (bicyclic) bond motifs is 2. The molecule has 9 rings (SSSR count). The Bertz CT molecular complexity index is 3540. The average Bonchev–Trinajstić information content (AvgIpc) is 3.68. The van der Waals surface area contributed by atoms with E-state index in [0.29, 0.717) is 39.3 Å². The molecule has 1 fully saturated rings. The summed E-state index contributed by atoms with van der Waals surface area (Å²) in [6.07, 6.45) is -12.7. The van der Waals surface area contributed by atoms with Gasteiger partial charge in [-0.3, -0.25) is 13.6 Å². The van der Waals surface area contributed by atoms with Crippen molar-refractivity contribution in [3.63, 3.8) is 0 Å². The van der Waals surface area contributed by atoms with Crippen molar-refractivity contribution in [3.8, 4) is 57.0 Å². The zero-order valence-electron chi connectivity index (χ0n) is 42.0. The number of benzene rings is 4. The normalized spacial score (nSPS) is 13.3. The summed E-state index contributed by atoms with van der Waals surface area (Å²) in [6, 6.07) is 22.1. The number of rotatable bonds is 17. The molecule has 0 spiro atoms. The van der Waals surface area contributed by atoms with Crippen molar-refractivity contribution in [1.29, 1.82) is 0 Å². The van der Waals surface area contributed by atoms with Crippen LogP contribution in [0.5, 0.6) is 34.5 Å². The number of ether oxygens (including phenoxy) is 4. The first-order valence-corrected chi connectivity index (χ1v) is 24.0. The lowest BCUT2D eigenvalue weighted by atomic mass is 10.0. The lowest BCUT2D eigenvalue weighted by molar-refractivity contribution is -0.275. The van der Waals surface area contributed by atoms with Gasteiger partial charge in [0.1, 0.15) is 34.5 Å². The van der Waals surface area contributed by atoms with E-state index in [2.05, 4.69) is 35.4 Å². The highest BCUT2D eigenvalue weighted by molar-refractivity contribution is 5.97. The summed E-state index contributed by atoms with van der Waals surface area (Å²) in [6.45, 7) is 4.55. The van der Waals surface area contributed by atoms with Crippen LogP contribution in [0.1, 0.15) is 64.4 Å². The van der Waals surface area contributed by atoms with Crippen molar-refractivity contribution >= 4 is 34.5 Å². The van der Waals surface area contributed by atoms with E-state index in [1.807, 2.05) is 19.9 Å². The Morgan fingerprint density at radius 3 is 1.30 bits per heavy atom. The number of nitrogens with one attached hydrogen (secondary N) is 3. The molecule has 26 heteroatoms. The third-order valence-electron chi connectivity index (χ3n) is 12.1.